The highest BCUT2D eigenvalue weighted by molar-refractivity contribution is 6.33. The number of nitrogens with one attached hydrogen (secondary N) is 2. The molecule has 5 nitrogen and oxygen atoms in total. The summed E-state index contributed by atoms with van der Waals surface area (Å²) in [5.41, 5.74) is 4.53. The van der Waals surface area contributed by atoms with Gasteiger partial charge in [0.1, 0.15) is 11.7 Å². The molecule has 6 heteroatoms. The van der Waals surface area contributed by atoms with E-state index in [0.29, 0.717) is 29.5 Å². The Morgan fingerprint density at radius 1 is 1.00 bits per heavy atom. The van der Waals surface area contributed by atoms with Crippen molar-refractivity contribution < 1.29 is 9.69 Å². The van der Waals surface area contributed by atoms with Crippen LogP contribution in [-0.4, -0.2) is 28.8 Å². The minimum Gasteiger partial charge on any atom is -0.348 e. The normalized spacial score (nSPS) is 11.1. The number of hydrogen-bond donors (Lipinski definition) is 2. The number of hydrogen-bond acceptors (Lipinski definition) is 2. The maximum Gasteiger partial charge on any atom is 0.256 e. The number of amides is 1. The van der Waals surface area contributed by atoms with Crippen molar-refractivity contribution in [3.8, 4) is 0 Å². The maximum absolute atomic E-state index is 12.8. The maximum atomic E-state index is 12.8. The van der Waals surface area contributed by atoms with E-state index >= 15 is 0 Å². The highest BCUT2D eigenvalue weighted by atomic mass is 35.5. The van der Waals surface area contributed by atoms with E-state index in [0.717, 1.165) is 30.8 Å². The molecule has 30 heavy (non-hydrogen) atoms. The lowest BCUT2D eigenvalue weighted by Gasteiger charge is -2.15. The largest absolute Gasteiger partial charge is 0.348 e. The molecule has 3 aromatic rings. The lowest BCUT2D eigenvalue weighted by atomic mass is 10.1. The molecule has 1 aromatic heterocycles. The molecule has 0 bridgehead atoms. The molecular formula is C24H30ClN4O+. The predicted molar refractivity (Wildman–Crippen MR) is 121 cm³/mol. The summed E-state index contributed by atoms with van der Waals surface area (Å²) in [6.07, 6.45) is 0. The van der Waals surface area contributed by atoms with E-state index in [9.17, 15) is 4.79 Å². The molecule has 2 aromatic carbocycles. The molecular weight excluding hydrogens is 396 g/mol. The van der Waals surface area contributed by atoms with Crippen molar-refractivity contribution in [1.29, 1.82) is 0 Å². The highest BCUT2D eigenvalue weighted by Crippen LogP contribution is 2.21. The van der Waals surface area contributed by atoms with Gasteiger partial charge >= 0.3 is 0 Å². The summed E-state index contributed by atoms with van der Waals surface area (Å²) in [7, 11) is 0. The molecule has 0 saturated heterocycles. The lowest BCUT2D eigenvalue weighted by Crippen LogP contribution is -3.10. The van der Waals surface area contributed by atoms with Crippen molar-refractivity contribution in [1.82, 2.24) is 15.1 Å². The van der Waals surface area contributed by atoms with Gasteiger partial charge < -0.3 is 10.2 Å². The van der Waals surface area contributed by atoms with Crippen molar-refractivity contribution >= 4 is 17.5 Å². The zero-order valence-corrected chi connectivity index (χ0v) is 18.7. The van der Waals surface area contributed by atoms with E-state index in [1.54, 1.807) is 9.58 Å². The molecule has 0 unspecified atom stereocenters. The van der Waals surface area contributed by atoms with Crippen LogP contribution in [-0.2, 0) is 19.6 Å². The van der Waals surface area contributed by atoms with Crippen LogP contribution < -0.4 is 10.2 Å². The van der Waals surface area contributed by atoms with Crippen LogP contribution in [0.4, 0.5) is 0 Å². The number of benzene rings is 2. The summed E-state index contributed by atoms with van der Waals surface area (Å²) >= 11 is 6.49. The number of carbonyl (C=O) groups is 1. The van der Waals surface area contributed by atoms with E-state index in [1.807, 2.05) is 37.3 Å². The van der Waals surface area contributed by atoms with Crippen molar-refractivity contribution in [2.75, 3.05) is 13.1 Å². The van der Waals surface area contributed by atoms with Gasteiger partial charge in [-0.3, -0.25) is 4.79 Å². The van der Waals surface area contributed by atoms with E-state index < -0.39 is 0 Å². The first-order chi connectivity index (χ1) is 14.5. The molecule has 0 aliphatic carbocycles. The van der Waals surface area contributed by atoms with Crippen molar-refractivity contribution in [2.45, 2.75) is 40.4 Å². The summed E-state index contributed by atoms with van der Waals surface area (Å²) in [6, 6.07) is 18.4. The van der Waals surface area contributed by atoms with E-state index in [4.69, 9.17) is 11.6 Å². The number of aryl methyl sites for hydroxylation is 1. The van der Waals surface area contributed by atoms with E-state index in [1.165, 1.54) is 5.56 Å². The number of nitrogens with zero attached hydrogens (tertiary/aromatic N) is 2. The molecule has 3 rings (SSSR count). The molecule has 0 radical (unpaired) electrons. The highest BCUT2D eigenvalue weighted by Gasteiger charge is 2.20. The van der Waals surface area contributed by atoms with Crippen LogP contribution >= 0.6 is 11.6 Å². The molecule has 1 amide bonds. The fourth-order valence-electron chi connectivity index (χ4n) is 3.51. The first-order valence-electron chi connectivity index (χ1n) is 10.5. The molecule has 2 N–H and O–H groups in total. The third kappa shape index (κ3) is 5.49. The summed E-state index contributed by atoms with van der Waals surface area (Å²) < 4.78 is 1.67. The third-order valence-corrected chi connectivity index (χ3v) is 5.78. The van der Waals surface area contributed by atoms with Gasteiger partial charge in [0.2, 0.25) is 0 Å². The number of quaternary nitrogens is 1. The molecule has 0 atom stereocenters. The summed E-state index contributed by atoms with van der Waals surface area (Å²) in [4.78, 5) is 14.3. The molecule has 0 spiro atoms. The fraction of sp³-hybridized carbons (Fsp3) is 0.333. The van der Waals surface area contributed by atoms with Gasteiger partial charge in [-0.1, -0.05) is 66.2 Å². The molecule has 0 saturated carbocycles. The minimum atomic E-state index is -0.200. The Morgan fingerprint density at radius 3 is 2.27 bits per heavy atom. The standard InChI is InChI=1S/C24H29ClN4O/c1-4-28(5-2)16-21-13-11-19(12-14-21)15-26-24(30)22-18(3)27-29(23(22)25)17-20-9-7-6-8-10-20/h6-14H,4-5,15-17H2,1-3H3,(H,26,30)/p+1. The Labute approximate surface area is 183 Å². The van der Waals surface area contributed by atoms with Crippen LogP contribution in [0.15, 0.2) is 54.6 Å². The van der Waals surface area contributed by atoms with Gasteiger partial charge in [-0.2, -0.15) is 5.10 Å². The smallest absolute Gasteiger partial charge is 0.256 e. The van der Waals surface area contributed by atoms with Gasteiger partial charge in [-0.25, -0.2) is 4.68 Å². The molecule has 0 aliphatic rings. The second-order valence-corrected chi connectivity index (χ2v) is 7.89. The summed E-state index contributed by atoms with van der Waals surface area (Å²) in [6.45, 7) is 10.5. The Balaban J connectivity index is 1.62. The Morgan fingerprint density at radius 2 is 1.63 bits per heavy atom. The van der Waals surface area contributed by atoms with Crippen LogP contribution in [0.3, 0.4) is 0 Å². The fourth-order valence-corrected chi connectivity index (χ4v) is 3.83. The van der Waals surface area contributed by atoms with Gasteiger partial charge in [0.25, 0.3) is 5.91 Å². The average molecular weight is 426 g/mol. The Kier molecular flexibility index (Phi) is 7.66. The van der Waals surface area contributed by atoms with Gasteiger partial charge in [-0.05, 0) is 31.9 Å². The second kappa shape index (κ2) is 10.4. The molecule has 1 heterocycles. The summed E-state index contributed by atoms with van der Waals surface area (Å²) in [5.74, 6) is -0.200. The average Bonchev–Trinajstić information content (AvgIpc) is 3.04. The lowest BCUT2D eigenvalue weighted by molar-refractivity contribution is -0.910. The number of aromatic nitrogens is 2. The zero-order valence-electron chi connectivity index (χ0n) is 17.9. The van der Waals surface area contributed by atoms with Crippen LogP contribution in [0.1, 0.15) is 46.6 Å². The molecule has 0 fully saturated rings. The minimum absolute atomic E-state index is 0.200. The van der Waals surface area contributed by atoms with Crippen LogP contribution in [0, 0.1) is 6.92 Å². The molecule has 0 aliphatic heterocycles. The zero-order chi connectivity index (χ0) is 21.5. The van der Waals surface area contributed by atoms with Gasteiger partial charge in [0.15, 0.2) is 0 Å². The summed E-state index contributed by atoms with van der Waals surface area (Å²) in [5, 5.41) is 7.80. The monoisotopic (exact) mass is 425 g/mol. The second-order valence-electron chi connectivity index (χ2n) is 7.53. The van der Waals surface area contributed by atoms with Crippen molar-refractivity contribution in [3.05, 3.63) is 87.7 Å². The van der Waals surface area contributed by atoms with Crippen molar-refractivity contribution in [3.63, 3.8) is 0 Å². The van der Waals surface area contributed by atoms with Gasteiger partial charge in [0, 0.05) is 12.1 Å². The van der Waals surface area contributed by atoms with Crippen LogP contribution in [0.2, 0.25) is 5.15 Å². The van der Waals surface area contributed by atoms with Gasteiger partial charge in [-0.15, -0.1) is 0 Å². The topological polar surface area (TPSA) is 51.4 Å². The number of halogens is 1. The van der Waals surface area contributed by atoms with Crippen molar-refractivity contribution in [2.24, 2.45) is 0 Å². The number of carbonyl (C=O) groups excluding carboxylic acids is 1. The first-order valence-corrected chi connectivity index (χ1v) is 10.9. The Hall–Kier alpha value is -2.63. The predicted octanol–water partition coefficient (Wildman–Crippen LogP) is 3.25. The third-order valence-electron chi connectivity index (χ3n) is 5.40. The van der Waals surface area contributed by atoms with E-state index in [2.05, 4.69) is 48.5 Å². The SMILES string of the molecule is CC[NH+](CC)Cc1ccc(CNC(=O)c2c(C)nn(Cc3ccccc3)c2Cl)cc1. The number of rotatable bonds is 9. The van der Waals surface area contributed by atoms with Crippen LogP contribution in [0.5, 0.6) is 0 Å². The first kappa shape index (κ1) is 22.1. The van der Waals surface area contributed by atoms with E-state index in [-0.39, 0.29) is 5.91 Å². The molecule has 158 valence electrons. The Bertz CT molecular complexity index is 963. The van der Waals surface area contributed by atoms with Gasteiger partial charge in [0.05, 0.1) is 30.9 Å². The van der Waals surface area contributed by atoms with Crippen LogP contribution in [0.25, 0.3) is 0 Å². The quantitative estimate of drug-likeness (QED) is 0.553.